The van der Waals surface area contributed by atoms with Gasteiger partial charge in [-0.3, -0.25) is 0 Å². The van der Waals surface area contributed by atoms with Gasteiger partial charge in [-0.05, 0) is 61.6 Å². The monoisotopic (exact) mass is 474 g/mol. The maximum absolute atomic E-state index is 8.00. The minimum absolute atomic E-state index is 0.693. The van der Waals surface area contributed by atoms with Gasteiger partial charge in [0.05, 0.1) is 6.61 Å². The lowest BCUT2D eigenvalue weighted by Crippen LogP contribution is -2.08. The predicted molar refractivity (Wildman–Crippen MR) is 150 cm³/mol. The molecule has 194 valence electrons. The first kappa shape index (κ1) is 35.9. The van der Waals surface area contributed by atoms with Crippen LogP contribution >= 0.6 is 0 Å². The molecule has 0 amide bonds. The highest BCUT2D eigenvalue weighted by Gasteiger charge is 1.99. The number of carbonyl (C=O) groups is 1. The van der Waals surface area contributed by atoms with E-state index in [0.717, 1.165) is 37.6 Å². The number of unbranched alkanes of at least 4 members (excludes halogenated alkanes) is 1. The molecule has 0 aliphatic rings. The smallest absolute Gasteiger partial charge is 0.125 e. The summed E-state index contributed by atoms with van der Waals surface area (Å²) in [6, 6.07) is 12.0. The molecular formula is C29H50N2O3. The molecule has 0 aliphatic carbocycles. The lowest BCUT2D eigenvalue weighted by Gasteiger charge is -2.09. The molecule has 0 spiro atoms. The summed E-state index contributed by atoms with van der Waals surface area (Å²) in [5, 5.41) is 10.3. The van der Waals surface area contributed by atoms with Gasteiger partial charge in [0.25, 0.3) is 0 Å². The lowest BCUT2D eigenvalue weighted by molar-refractivity contribution is -0.0980. The Hall–Kier alpha value is -2.66. The summed E-state index contributed by atoms with van der Waals surface area (Å²) in [4.78, 5) is 12.2. The molecule has 2 N–H and O–H groups in total. The van der Waals surface area contributed by atoms with Crippen molar-refractivity contribution in [3.05, 3.63) is 59.8 Å². The van der Waals surface area contributed by atoms with Crippen LogP contribution in [0.3, 0.4) is 0 Å². The summed E-state index contributed by atoms with van der Waals surface area (Å²) in [6.07, 6.45) is 10.8. The van der Waals surface area contributed by atoms with Crippen LogP contribution < -0.4 is 10.1 Å². The van der Waals surface area contributed by atoms with E-state index in [1.165, 1.54) is 30.4 Å². The Morgan fingerprint density at radius 2 is 1.71 bits per heavy atom. The molecule has 0 radical (unpaired) electrons. The van der Waals surface area contributed by atoms with Crippen LogP contribution in [0.15, 0.2) is 48.7 Å². The van der Waals surface area contributed by atoms with Crippen molar-refractivity contribution in [2.24, 2.45) is 5.92 Å². The average molecular weight is 475 g/mol. The molecule has 0 saturated heterocycles. The van der Waals surface area contributed by atoms with Gasteiger partial charge in [-0.1, -0.05) is 78.2 Å². The van der Waals surface area contributed by atoms with Gasteiger partial charge in [0, 0.05) is 19.9 Å². The molecule has 2 aromatic rings. The number of aromatic nitrogens is 1. The van der Waals surface area contributed by atoms with Crippen molar-refractivity contribution in [1.29, 1.82) is 0 Å². The van der Waals surface area contributed by atoms with E-state index in [-0.39, 0.29) is 0 Å². The van der Waals surface area contributed by atoms with Crippen molar-refractivity contribution in [2.75, 3.05) is 25.6 Å². The molecule has 1 aromatic carbocycles. The standard InChI is InChI=1S/C18H22N2O.C5H12.C4H10.CH4O.CH2O/c1-3-7-16-14-17(10-9-15(16)2)21-13-6-12-20-18-8-4-5-11-19-18;1-4-5(2)3;1-3-4-2;2*1-2/h3-5,7-11,14H,6,12-13H2,1-2H3,(H,19,20);5H,4H2,1-3H3;3-4H2,1-2H3;2H,1H3;1H2/b7-3-;;;;. The molecule has 1 heterocycles. The van der Waals surface area contributed by atoms with Crippen LogP contribution in [0.25, 0.3) is 6.08 Å². The first-order valence-corrected chi connectivity index (χ1v) is 12.2. The number of ether oxygens (including phenoxy) is 1. The van der Waals surface area contributed by atoms with Crippen LogP contribution in [0.2, 0.25) is 0 Å². The van der Waals surface area contributed by atoms with Crippen LogP contribution in [0.4, 0.5) is 5.82 Å². The summed E-state index contributed by atoms with van der Waals surface area (Å²) < 4.78 is 5.79. The number of hydrogen-bond acceptors (Lipinski definition) is 5. The third kappa shape index (κ3) is 22.5. The highest BCUT2D eigenvalue weighted by Crippen LogP contribution is 2.18. The number of carbonyl (C=O) groups excluding carboxylic acids is 1. The van der Waals surface area contributed by atoms with Gasteiger partial charge in [-0.25, -0.2) is 4.98 Å². The molecule has 0 fully saturated rings. The highest BCUT2D eigenvalue weighted by molar-refractivity contribution is 5.55. The number of hydrogen-bond donors (Lipinski definition) is 2. The Kier molecular flexibility index (Phi) is 30.0. The molecule has 0 bridgehead atoms. The first-order chi connectivity index (χ1) is 16.5. The van der Waals surface area contributed by atoms with E-state index >= 15 is 0 Å². The molecule has 0 saturated carbocycles. The molecule has 1 aromatic heterocycles. The number of anilines is 1. The molecule has 5 heteroatoms. The SMILES string of the molecule is C/C=C\c1cc(OCCCNc2ccccn2)ccc1C.C=O.CCC(C)C.CCCC.CO. The number of aliphatic hydroxyl groups excluding tert-OH is 1. The quantitative estimate of drug-likeness (QED) is 0.366. The van der Waals surface area contributed by atoms with Gasteiger partial charge < -0.3 is 20.0 Å². The number of aryl methyl sites for hydroxylation is 1. The second kappa shape index (κ2) is 28.4. The van der Waals surface area contributed by atoms with E-state index in [9.17, 15) is 0 Å². The van der Waals surface area contributed by atoms with Crippen LogP contribution in [-0.4, -0.2) is 37.1 Å². The van der Waals surface area contributed by atoms with Crippen molar-refractivity contribution < 1.29 is 14.6 Å². The predicted octanol–water partition coefficient (Wildman–Crippen LogP) is 7.59. The molecule has 0 unspecified atom stereocenters. The zero-order valence-electron chi connectivity index (χ0n) is 22.9. The number of rotatable bonds is 9. The van der Waals surface area contributed by atoms with Crippen LogP contribution in [0, 0.1) is 12.8 Å². The van der Waals surface area contributed by atoms with Gasteiger partial charge in [-0.15, -0.1) is 0 Å². The fourth-order valence-electron chi connectivity index (χ4n) is 2.01. The Labute approximate surface area is 209 Å². The van der Waals surface area contributed by atoms with E-state index < -0.39 is 0 Å². The highest BCUT2D eigenvalue weighted by atomic mass is 16.5. The normalized spacial score (nSPS) is 9.24. The van der Waals surface area contributed by atoms with Gasteiger partial charge in [0.2, 0.25) is 0 Å². The number of benzene rings is 1. The number of allylic oxidation sites excluding steroid dienone is 1. The second-order valence-corrected chi connectivity index (χ2v) is 7.66. The number of nitrogens with zero attached hydrogens (tertiary/aromatic N) is 1. The van der Waals surface area contributed by atoms with E-state index in [4.69, 9.17) is 14.6 Å². The zero-order valence-corrected chi connectivity index (χ0v) is 22.9. The number of pyridine rings is 1. The first-order valence-electron chi connectivity index (χ1n) is 12.2. The largest absolute Gasteiger partial charge is 0.494 e. The Morgan fingerprint density at radius 1 is 1.09 bits per heavy atom. The summed E-state index contributed by atoms with van der Waals surface area (Å²) >= 11 is 0. The topological polar surface area (TPSA) is 71.5 Å². The maximum atomic E-state index is 8.00. The second-order valence-electron chi connectivity index (χ2n) is 7.66. The third-order valence-corrected chi connectivity index (χ3v) is 4.47. The third-order valence-electron chi connectivity index (χ3n) is 4.47. The van der Waals surface area contributed by atoms with Crippen molar-refractivity contribution in [3.8, 4) is 5.75 Å². The average Bonchev–Trinajstić information content (AvgIpc) is 2.89. The van der Waals surface area contributed by atoms with Crippen molar-refractivity contribution in [1.82, 2.24) is 4.98 Å². The van der Waals surface area contributed by atoms with Crippen molar-refractivity contribution in [3.63, 3.8) is 0 Å². The van der Waals surface area contributed by atoms with Crippen molar-refractivity contribution in [2.45, 2.75) is 74.1 Å². The molecular weight excluding hydrogens is 424 g/mol. The summed E-state index contributed by atoms with van der Waals surface area (Å²) in [5.41, 5.74) is 2.47. The summed E-state index contributed by atoms with van der Waals surface area (Å²) in [5.74, 6) is 2.71. The van der Waals surface area contributed by atoms with E-state index in [2.05, 4.69) is 70.1 Å². The van der Waals surface area contributed by atoms with Gasteiger partial charge in [-0.2, -0.15) is 0 Å². The molecule has 0 aliphatic heterocycles. The summed E-state index contributed by atoms with van der Waals surface area (Å²) in [6.45, 7) is 18.7. The van der Waals surface area contributed by atoms with Crippen molar-refractivity contribution >= 4 is 18.7 Å². The lowest BCUT2D eigenvalue weighted by atomic mass is 10.1. The molecule has 34 heavy (non-hydrogen) atoms. The Morgan fingerprint density at radius 3 is 2.18 bits per heavy atom. The number of aliphatic hydroxyl groups is 1. The molecule has 2 rings (SSSR count). The minimum Gasteiger partial charge on any atom is -0.494 e. The van der Waals surface area contributed by atoms with E-state index in [1.807, 2.05) is 44.1 Å². The molecule has 0 atom stereocenters. The Bertz CT molecular complexity index is 687. The van der Waals surface area contributed by atoms with E-state index in [1.54, 1.807) is 6.20 Å². The maximum Gasteiger partial charge on any atom is 0.125 e. The zero-order chi connectivity index (χ0) is 26.6. The fourth-order valence-corrected chi connectivity index (χ4v) is 2.01. The van der Waals surface area contributed by atoms with Gasteiger partial charge in [0.15, 0.2) is 0 Å². The van der Waals surface area contributed by atoms with Crippen LogP contribution in [0.1, 0.15) is 78.4 Å². The Balaban J connectivity index is -0.000000618. The summed E-state index contributed by atoms with van der Waals surface area (Å²) in [7, 11) is 1.00. The minimum atomic E-state index is 0.693. The van der Waals surface area contributed by atoms with Gasteiger partial charge in [0.1, 0.15) is 18.4 Å². The van der Waals surface area contributed by atoms with Gasteiger partial charge >= 0.3 is 0 Å². The van der Waals surface area contributed by atoms with E-state index in [0.29, 0.717) is 6.61 Å². The number of nitrogens with one attached hydrogen (secondary N) is 1. The van der Waals surface area contributed by atoms with Crippen LogP contribution in [-0.2, 0) is 4.79 Å². The fraction of sp³-hybridized carbons (Fsp3) is 0.517. The van der Waals surface area contributed by atoms with Crippen LogP contribution in [0.5, 0.6) is 5.75 Å². The molecule has 5 nitrogen and oxygen atoms in total.